The molecule has 5 nitrogen and oxygen atoms in total. The van der Waals surface area contributed by atoms with Gasteiger partial charge in [-0.2, -0.15) is 0 Å². The lowest BCUT2D eigenvalue weighted by atomic mass is 10.0. The first-order valence-corrected chi connectivity index (χ1v) is 10.6. The van der Waals surface area contributed by atoms with Gasteiger partial charge in [0.05, 0.1) is 13.2 Å². The number of fused-ring (bicyclic) bond motifs is 1. The summed E-state index contributed by atoms with van der Waals surface area (Å²) in [6, 6.07) is 12.9. The van der Waals surface area contributed by atoms with E-state index in [0.29, 0.717) is 13.2 Å². The molecule has 2 aliphatic rings. The molecule has 27 heavy (non-hydrogen) atoms. The summed E-state index contributed by atoms with van der Waals surface area (Å²) in [6.07, 6.45) is 2.12. The minimum absolute atomic E-state index is 0.276. The number of methoxy groups -OCH3 is 1. The smallest absolute Gasteiger partial charge is 0.162 e. The molecule has 2 aliphatic heterocycles. The van der Waals surface area contributed by atoms with Crippen LogP contribution in [-0.2, 0) is 6.54 Å². The van der Waals surface area contributed by atoms with Gasteiger partial charge < -0.3 is 19.5 Å². The highest BCUT2D eigenvalue weighted by atomic mass is 32.2. The third-order valence-electron chi connectivity index (χ3n) is 5.17. The standard InChI is InChI=1S/C21H26N2O3S/c1-24-18-6-4-3-5-16(18)17-13-22-7-8-23(17)14-15-11-19-20(12-21(15)27-2)26-10-9-25-19/h3-6,11-12,17,22H,7-10,13-14H2,1-2H3. The summed E-state index contributed by atoms with van der Waals surface area (Å²) in [5, 5.41) is 3.53. The van der Waals surface area contributed by atoms with E-state index in [1.165, 1.54) is 16.0 Å². The molecule has 0 saturated carbocycles. The van der Waals surface area contributed by atoms with Crippen molar-refractivity contribution in [2.45, 2.75) is 17.5 Å². The van der Waals surface area contributed by atoms with Gasteiger partial charge in [-0.1, -0.05) is 18.2 Å². The molecule has 2 heterocycles. The lowest BCUT2D eigenvalue weighted by molar-refractivity contribution is 0.148. The van der Waals surface area contributed by atoms with Crippen molar-refractivity contribution in [1.29, 1.82) is 0 Å². The van der Waals surface area contributed by atoms with E-state index in [4.69, 9.17) is 14.2 Å². The maximum Gasteiger partial charge on any atom is 0.162 e. The van der Waals surface area contributed by atoms with Crippen LogP contribution in [0, 0.1) is 0 Å². The number of nitrogens with one attached hydrogen (secondary N) is 1. The van der Waals surface area contributed by atoms with Gasteiger partial charge >= 0.3 is 0 Å². The van der Waals surface area contributed by atoms with Crippen LogP contribution in [0.25, 0.3) is 0 Å². The van der Waals surface area contributed by atoms with Crippen molar-refractivity contribution >= 4 is 11.8 Å². The normalized spacial score (nSPS) is 19.7. The first kappa shape index (κ1) is 18.5. The highest BCUT2D eigenvalue weighted by molar-refractivity contribution is 7.98. The van der Waals surface area contributed by atoms with Gasteiger partial charge in [-0.05, 0) is 30.0 Å². The van der Waals surface area contributed by atoms with Gasteiger partial charge in [0.1, 0.15) is 19.0 Å². The highest BCUT2D eigenvalue weighted by Gasteiger charge is 2.27. The monoisotopic (exact) mass is 386 g/mol. The molecule has 1 saturated heterocycles. The van der Waals surface area contributed by atoms with Crippen LogP contribution < -0.4 is 19.5 Å². The molecule has 0 amide bonds. The number of para-hydroxylation sites is 1. The molecule has 1 fully saturated rings. The van der Waals surface area contributed by atoms with Crippen LogP contribution in [0.4, 0.5) is 0 Å². The Morgan fingerprint density at radius 3 is 2.74 bits per heavy atom. The third kappa shape index (κ3) is 3.88. The topological polar surface area (TPSA) is 43.0 Å². The predicted molar refractivity (Wildman–Crippen MR) is 108 cm³/mol. The van der Waals surface area contributed by atoms with Crippen molar-refractivity contribution in [2.75, 3.05) is 46.2 Å². The summed E-state index contributed by atoms with van der Waals surface area (Å²) in [5.41, 5.74) is 2.52. The van der Waals surface area contributed by atoms with Gasteiger partial charge in [0.25, 0.3) is 0 Å². The van der Waals surface area contributed by atoms with E-state index in [9.17, 15) is 0 Å². The minimum atomic E-state index is 0.276. The molecule has 2 aromatic carbocycles. The minimum Gasteiger partial charge on any atom is -0.496 e. The zero-order chi connectivity index (χ0) is 18.6. The number of rotatable bonds is 5. The van der Waals surface area contributed by atoms with Crippen molar-refractivity contribution in [3.8, 4) is 17.2 Å². The van der Waals surface area contributed by atoms with E-state index < -0.39 is 0 Å². The summed E-state index contributed by atoms with van der Waals surface area (Å²) >= 11 is 1.76. The summed E-state index contributed by atoms with van der Waals surface area (Å²) in [7, 11) is 1.74. The van der Waals surface area contributed by atoms with Crippen LogP contribution in [0.15, 0.2) is 41.3 Å². The number of benzene rings is 2. The molecule has 0 radical (unpaired) electrons. The molecule has 0 bridgehead atoms. The highest BCUT2D eigenvalue weighted by Crippen LogP contribution is 2.38. The van der Waals surface area contributed by atoms with Crippen LogP contribution in [0.1, 0.15) is 17.2 Å². The Morgan fingerprint density at radius 2 is 1.96 bits per heavy atom. The number of hydrogen-bond acceptors (Lipinski definition) is 6. The van der Waals surface area contributed by atoms with Gasteiger partial charge in [-0.25, -0.2) is 0 Å². The van der Waals surface area contributed by atoms with E-state index in [1.54, 1.807) is 18.9 Å². The van der Waals surface area contributed by atoms with Gasteiger partial charge in [-0.3, -0.25) is 4.90 Å². The maximum atomic E-state index is 5.82. The van der Waals surface area contributed by atoms with E-state index in [-0.39, 0.29) is 6.04 Å². The Labute approximate surface area is 165 Å². The Bertz CT molecular complexity index is 799. The first-order chi connectivity index (χ1) is 13.3. The molecular formula is C21H26N2O3S. The van der Waals surface area contributed by atoms with E-state index in [2.05, 4.69) is 40.7 Å². The van der Waals surface area contributed by atoms with Crippen LogP contribution in [0.3, 0.4) is 0 Å². The summed E-state index contributed by atoms with van der Waals surface area (Å²) in [5.74, 6) is 2.66. The number of ether oxygens (including phenoxy) is 3. The average molecular weight is 387 g/mol. The van der Waals surface area contributed by atoms with E-state index in [0.717, 1.165) is 43.4 Å². The quantitative estimate of drug-likeness (QED) is 0.795. The number of nitrogens with zero attached hydrogens (tertiary/aromatic N) is 1. The first-order valence-electron chi connectivity index (χ1n) is 9.34. The van der Waals surface area contributed by atoms with E-state index >= 15 is 0 Å². The van der Waals surface area contributed by atoms with Crippen molar-refractivity contribution < 1.29 is 14.2 Å². The molecule has 144 valence electrons. The molecule has 2 aromatic rings. The second-order valence-electron chi connectivity index (χ2n) is 6.74. The lowest BCUT2D eigenvalue weighted by Gasteiger charge is -2.37. The van der Waals surface area contributed by atoms with Gasteiger partial charge in [0, 0.05) is 36.6 Å². The fourth-order valence-corrected chi connectivity index (χ4v) is 4.44. The molecule has 1 unspecified atom stereocenters. The zero-order valence-corrected chi connectivity index (χ0v) is 16.7. The molecule has 0 aromatic heterocycles. The average Bonchev–Trinajstić information content (AvgIpc) is 2.73. The summed E-state index contributed by atoms with van der Waals surface area (Å²) in [4.78, 5) is 3.77. The summed E-state index contributed by atoms with van der Waals surface area (Å²) < 4.78 is 17.2. The maximum absolute atomic E-state index is 5.82. The van der Waals surface area contributed by atoms with Crippen LogP contribution >= 0.6 is 11.8 Å². The zero-order valence-electron chi connectivity index (χ0n) is 15.9. The Kier molecular flexibility index (Phi) is 5.76. The fraction of sp³-hybridized carbons (Fsp3) is 0.429. The SMILES string of the molecule is COc1ccccc1C1CNCCN1Cc1cc2c(cc1SC)OCCO2. The van der Waals surface area contributed by atoms with Crippen LogP contribution in [-0.4, -0.2) is 51.1 Å². The molecule has 4 rings (SSSR count). The second kappa shape index (κ2) is 8.42. The van der Waals surface area contributed by atoms with Crippen molar-refractivity contribution in [1.82, 2.24) is 10.2 Å². The largest absolute Gasteiger partial charge is 0.496 e. The number of piperazine rings is 1. The third-order valence-corrected chi connectivity index (χ3v) is 5.99. The fourth-order valence-electron chi connectivity index (χ4n) is 3.83. The Hall–Kier alpha value is -1.89. The molecule has 1 atom stereocenters. The van der Waals surface area contributed by atoms with Gasteiger partial charge in [0.15, 0.2) is 11.5 Å². The molecule has 1 N–H and O–H groups in total. The van der Waals surface area contributed by atoms with Crippen LogP contribution in [0.2, 0.25) is 0 Å². The van der Waals surface area contributed by atoms with Crippen LogP contribution in [0.5, 0.6) is 17.2 Å². The second-order valence-corrected chi connectivity index (χ2v) is 7.59. The van der Waals surface area contributed by atoms with E-state index in [1.807, 2.05) is 12.1 Å². The van der Waals surface area contributed by atoms with Crippen molar-refractivity contribution in [2.24, 2.45) is 0 Å². The lowest BCUT2D eigenvalue weighted by Crippen LogP contribution is -2.45. The number of hydrogen-bond donors (Lipinski definition) is 1. The molecule has 0 spiro atoms. The Balaban J connectivity index is 1.64. The predicted octanol–water partition coefficient (Wildman–Crippen LogP) is 3.33. The summed E-state index contributed by atoms with van der Waals surface area (Å²) in [6.45, 7) is 5.00. The Morgan fingerprint density at radius 1 is 1.19 bits per heavy atom. The van der Waals surface area contributed by atoms with Crippen molar-refractivity contribution in [3.63, 3.8) is 0 Å². The molecule has 6 heteroatoms. The number of thioether (sulfide) groups is 1. The van der Waals surface area contributed by atoms with Gasteiger partial charge in [-0.15, -0.1) is 11.8 Å². The van der Waals surface area contributed by atoms with Crippen molar-refractivity contribution in [3.05, 3.63) is 47.5 Å². The van der Waals surface area contributed by atoms with Gasteiger partial charge in [0.2, 0.25) is 0 Å². The molecular weight excluding hydrogens is 360 g/mol. The molecule has 0 aliphatic carbocycles.